The Labute approximate surface area is 171 Å². The molecule has 2 aromatic rings. The molecule has 28 heavy (non-hydrogen) atoms. The Morgan fingerprint density at radius 3 is 2.14 bits per heavy atom. The van der Waals surface area contributed by atoms with Crippen LogP contribution in [-0.4, -0.2) is 59.5 Å². The third-order valence-electron chi connectivity index (χ3n) is 5.16. The molecule has 6 nitrogen and oxygen atoms in total. The SMILES string of the molecule is CC(C)S(=O)(=O)N1CCN(C(=O)CC(c2ccc(Cl)cc2)n2cccc2)CC1. The maximum absolute atomic E-state index is 13.0. The number of amides is 1. The highest BCUT2D eigenvalue weighted by Gasteiger charge is 2.31. The van der Waals surface area contributed by atoms with E-state index in [1.54, 1.807) is 18.7 Å². The number of aromatic nitrogens is 1. The Kier molecular flexibility index (Phi) is 6.47. The normalized spacial score (nSPS) is 17.1. The highest BCUT2D eigenvalue weighted by molar-refractivity contribution is 7.89. The fourth-order valence-electron chi connectivity index (χ4n) is 3.42. The first kappa shape index (κ1) is 20.9. The zero-order valence-corrected chi connectivity index (χ0v) is 17.7. The van der Waals surface area contributed by atoms with E-state index in [1.165, 1.54) is 4.31 Å². The Hall–Kier alpha value is -1.83. The van der Waals surface area contributed by atoms with E-state index in [1.807, 2.05) is 53.4 Å². The van der Waals surface area contributed by atoms with Gasteiger partial charge in [0.25, 0.3) is 0 Å². The van der Waals surface area contributed by atoms with E-state index in [-0.39, 0.29) is 11.9 Å². The average Bonchev–Trinajstić information content (AvgIpc) is 3.21. The number of nitrogens with zero attached hydrogens (tertiary/aromatic N) is 3. The molecule has 1 atom stereocenters. The van der Waals surface area contributed by atoms with Crippen molar-refractivity contribution in [1.29, 1.82) is 0 Å². The number of benzene rings is 1. The standard InChI is InChI=1S/C20H26ClN3O3S/c1-16(2)28(26,27)24-13-11-23(12-14-24)20(25)15-19(22-9-3-4-10-22)17-5-7-18(21)8-6-17/h3-10,16,19H,11-15H2,1-2H3. The average molecular weight is 424 g/mol. The first-order valence-corrected chi connectivity index (χ1v) is 11.3. The molecule has 1 amide bonds. The molecule has 1 saturated heterocycles. The molecule has 1 aliphatic heterocycles. The fourth-order valence-corrected chi connectivity index (χ4v) is 4.82. The minimum absolute atomic E-state index is 0.0234. The molecule has 0 aliphatic carbocycles. The van der Waals surface area contributed by atoms with E-state index in [9.17, 15) is 13.2 Å². The number of hydrogen-bond donors (Lipinski definition) is 0. The van der Waals surface area contributed by atoms with Crippen molar-refractivity contribution >= 4 is 27.5 Å². The number of carbonyl (C=O) groups excluding carboxylic acids is 1. The first-order chi connectivity index (χ1) is 13.3. The molecule has 1 aromatic carbocycles. The van der Waals surface area contributed by atoms with Gasteiger partial charge in [-0.25, -0.2) is 8.42 Å². The summed E-state index contributed by atoms with van der Waals surface area (Å²) in [6.07, 6.45) is 4.20. The molecule has 8 heteroatoms. The van der Waals surface area contributed by atoms with Crippen molar-refractivity contribution in [3.05, 3.63) is 59.4 Å². The molecule has 152 valence electrons. The molecule has 1 fully saturated rings. The van der Waals surface area contributed by atoms with Gasteiger partial charge in [0.1, 0.15) is 0 Å². The van der Waals surface area contributed by atoms with Crippen LogP contribution in [0.1, 0.15) is 31.9 Å². The number of sulfonamides is 1. The number of piperazine rings is 1. The van der Waals surface area contributed by atoms with Crippen molar-refractivity contribution in [3.8, 4) is 0 Å². The number of halogens is 1. The smallest absolute Gasteiger partial charge is 0.225 e. The van der Waals surface area contributed by atoms with Gasteiger partial charge in [0.2, 0.25) is 15.9 Å². The Balaban J connectivity index is 1.69. The summed E-state index contributed by atoms with van der Waals surface area (Å²) in [4.78, 5) is 14.7. The second kappa shape index (κ2) is 8.68. The molecule has 0 spiro atoms. The Morgan fingerprint density at radius 2 is 1.61 bits per heavy atom. The molecule has 3 rings (SSSR count). The zero-order chi connectivity index (χ0) is 20.3. The largest absolute Gasteiger partial charge is 0.346 e. The molecular weight excluding hydrogens is 398 g/mol. The van der Waals surface area contributed by atoms with E-state index in [0.29, 0.717) is 37.6 Å². The molecule has 1 unspecified atom stereocenters. The minimum Gasteiger partial charge on any atom is -0.346 e. The van der Waals surface area contributed by atoms with Crippen LogP contribution in [0.15, 0.2) is 48.8 Å². The highest BCUT2D eigenvalue weighted by Crippen LogP contribution is 2.25. The van der Waals surface area contributed by atoms with Crippen LogP contribution >= 0.6 is 11.6 Å². The maximum Gasteiger partial charge on any atom is 0.225 e. The third kappa shape index (κ3) is 4.59. The fraction of sp³-hybridized carbons (Fsp3) is 0.450. The van der Waals surface area contributed by atoms with Gasteiger partial charge in [0, 0.05) is 43.6 Å². The summed E-state index contributed by atoms with van der Waals surface area (Å²) < 4.78 is 28.1. The van der Waals surface area contributed by atoms with Crippen LogP contribution in [0.5, 0.6) is 0 Å². The maximum atomic E-state index is 13.0. The van der Waals surface area contributed by atoms with Crippen molar-refractivity contribution in [3.63, 3.8) is 0 Å². The van der Waals surface area contributed by atoms with Crippen LogP contribution < -0.4 is 0 Å². The van der Waals surface area contributed by atoms with Crippen LogP contribution in [0.4, 0.5) is 0 Å². The summed E-state index contributed by atoms with van der Waals surface area (Å²) in [5.41, 5.74) is 1.01. The first-order valence-electron chi connectivity index (χ1n) is 9.43. The lowest BCUT2D eigenvalue weighted by molar-refractivity contribution is -0.133. The molecule has 0 bridgehead atoms. The summed E-state index contributed by atoms with van der Waals surface area (Å²) in [5, 5.41) is 0.210. The van der Waals surface area contributed by atoms with Gasteiger partial charge in [-0.3, -0.25) is 4.79 Å². The van der Waals surface area contributed by atoms with Gasteiger partial charge >= 0.3 is 0 Å². The van der Waals surface area contributed by atoms with Gasteiger partial charge in [-0.15, -0.1) is 0 Å². The van der Waals surface area contributed by atoms with Crippen LogP contribution in [0.3, 0.4) is 0 Å². The zero-order valence-electron chi connectivity index (χ0n) is 16.2. The summed E-state index contributed by atoms with van der Waals surface area (Å²) in [6.45, 7) is 4.90. The third-order valence-corrected chi connectivity index (χ3v) is 7.69. The van der Waals surface area contributed by atoms with E-state index in [4.69, 9.17) is 11.6 Å². The summed E-state index contributed by atoms with van der Waals surface area (Å²) in [6, 6.07) is 11.3. The van der Waals surface area contributed by atoms with Gasteiger partial charge < -0.3 is 9.47 Å². The minimum atomic E-state index is -3.28. The second-order valence-electron chi connectivity index (χ2n) is 7.28. The molecule has 2 heterocycles. The van der Waals surface area contributed by atoms with Crippen molar-refractivity contribution in [2.75, 3.05) is 26.2 Å². The van der Waals surface area contributed by atoms with Gasteiger partial charge in [-0.2, -0.15) is 4.31 Å². The van der Waals surface area contributed by atoms with E-state index < -0.39 is 15.3 Å². The van der Waals surface area contributed by atoms with E-state index >= 15 is 0 Å². The molecule has 1 aromatic heterocycles. The van der Waals surface area contributed by atoms with Crippen LogP contribution in [0, 0.1) is 0 Å². The lowest BCUT2D eigenvalue weighted by Crippen LogP contribution is -2.52. The van der Waals surface area contributed by atoms with Crippen LogP contribution in [0.25, 0.3) is 0 Å². The monoisotopic (exact) mass is 423 g/mol. The molecule has 0 N–H and O–H groups in total. The topological polar surface area (TPSA) is 62.6 Å². The van der Waals surface area contributed by atoms with E-state index in [2.05, 4.69) is 0 Å². The predicted octanol–water partition coefficient (Wildman–Crippen LogP) is 3.00. The van der Waals surface area contributed by atoms with Crippen molar-refractivity contribution in [2.45, 2.75) is 31.6 Å². The number of hydrogen-bond acceptors (Lipinski definition) is 3. The van der Waals surface area contributed by atoms with Crippen LogP contribution in [-0.2, 0) is 14.8 Å². The number of carbonyl (C=O) groups is 1. The summed E-state index contributed by atoms with van der Waals surface area (Å²) in [5.74, 6) is 0.0234. The van der Waals surface area contributed by atoms with E-state index in [0.717, 1.165) is 5.56 Å². The molecule has 0 radical (unpaired) electrons. The Bertz CT molecular complexity index is 887. The lowest BCUT2D eigenvalue weighted by atomic mass is 10.0. The summed E-state index contributed by atoms with van der Waals surface area (Å²) >= 11 is 6.01. The van der Waals surface area contributed by atoms with Crippen molar-refractivity contribution < 1.29 is 13.2 Å². The van der Waals surface area contributed by atoms with Gasteiger partial charge in [0.05, 0.1) is 17.7 Å². The Morgan fingerprint density at radius 1 is 1.04 bits per heavy atom. The highest BCUT2D eigenvalue weighted by atomic mass is 35.5. The van der Waals surface area contributed by atoms with Crippen molar-refractivity contribution in [1.82, 2.24) is 13.8 Å². The van der Waals surface area contributed by atoms with Gasteiger partial charge in [0.15, 0.2) is 0 Å². The quantitative estimate of drug-likeness (QED) is 0.717. The predicted molar refractivity (Wildman–Crippen MR) is 111 cm³/mol. The lowest BCUT2D eigenvalue weighted by Gasteiger charge is -2.35. The molecule has 1 aliphatic rings. The van der Waals surface area contributed by atoms with Gasteiger partial charge in [-0.05, 0) is 43.7 Å². The van der Waals surface area contributed by atoms with Crippen LogP contribution in [0.2, 0.25) is 5.02 Å². The summed E-state index contributed by atoms with van der Waals surface area (Å²) in [7, 11) is -3.28. The second-order valence-corrected chi connectivity index (χ2v) is 10.2. The van der Waals surface area contributed by atoms with Gasteiger partial charge in [-0.1, -0.05) is 23.7 Å². The van der Waals surface area contributed by atoms with Crippen molar-refractivity contribution in [2.24, 2.45) is 0 Å². The number of rotatable bonds is 6. The molecule has 0 saturated carbocycles. The molecular formula is C20H26ClN3O3S.